The third kappa shape index (κ3) is 5.39. The molecule has 0 radical (unpaired) electrons. The van der Waals surface area contributed by atoms with Gasteiger partial charge in [0.15, 0.2) is 0 Å². The summed E-state index contributed by atoms with van der Waals surface area (Å²) >= 11 is 0. The molecule has 0 aliphatic rings. The first-order chi connectivity index (χ1) is 12.0. The summed E-state index contributed by atoms with van der Waals surface area (Å²) in [5.74, 6) is -0.810. The molecule has 0 saturated heterocycles. The Morgan fingerprint density at radius 2 is 1.80 bits per heavy atom. The lowest BCUT2D eigenvalue weighted by molar-refractivity contribution is -0.119. The van der Waals surface area contributed by atoms with Crippen LogP contribution in [0.15, 0.2) is 48.5 Å². The molecule has 6 heteroatoms. The number of halogens is 1. The lowest BCUT2D eigenvalue weighted by atomic mass is 9.97. The Kier molecular flexibility index (Phi) is 6.65. The Balaban J connectivity index is 2.20. The topological polar surface area (TPSA) is 70.2 Å². The third-order valence-electron chi connectivity index (χ3n) is 3.85. The van der Waals surface area contributed by atoms with Gasteiger partial charge in [-0.1, -0.05) is 43.3 Å². The molecule has 0 aliphatic heterocycles. The van der Waals surface area contributed by atoms with Crippen LogP contribution in [0.5, 0.6) is 0 Å². The van der Waals surface area contributed by atoms with Crippen LogP contribution in [0.2, 0.25) is 0 Å². The largest absolute Gasteiger partial charge is 0.341 e. The summed E-state index contributed by atoms with van der Waals surface area (Å²) in [5, 5.41) is 7.60. The quantitative estimate of drug-likeness (QED) is 0.755. The summed E-state index contributed by atoms with van der Waals surface area (Å²) in [5.41, 5.74) is 2.81. The molecule has 25 heavy (non-hydrogen) atoms. The molecule has 3 N–H and O–H groups in total. The summed E-state index contributed by atoms with van der Waals surface area (Å²) in [6.45, 7) is 1.99. The van der Waals surface area contributed by atoms with E-state index in [1.165, 1.54) is 24.7 Å². The highest BCUT2D eigenvalue weighted by Gasteiger charge is 2.16. The Hall–Kier alpha value is -2.73. The van der Waals surface area contributed by atoms with Crippen molar-refractivity contribution in [2.75, 3.05) is 13.6 Å². The van der Waals surface area contributed by atoms with Gasteiger partial charge in [-0.05, 0) is 35.2 Å². The summed E-state index contributed by atoms with van der Waals surface area (Å²) in [6.07, 6.45) is 0.923. The lowest BCUT2D eigenvalue weighted by Gasteiger charge is -2.20. The van der Waals surface area contributed by atoms with Crippen molar-refractivity contribution in [3.63, 3.8) is 0 Å². The molecule has 0 fully saturated rings. The van der Waals surface area contributed by atoms with E-state index in [-0.39, 0.29) is 18.4 Å². The SMILES string of the molecule is CCc1ccc([C@@H](NCC(=O)NC(=O)NC)c2cccc(F)c2)cc1. The van der Waals surface area contributed by atoms with Crippen LogP contribution in [0, 0.1) is 5.82 Å². The van der Waals surface area contributed by atoms with Crippen molar-refractivity contribution < 1.29 is 14.0 Å². The summed E-state index contributed by atoms with van der Waals surface area (Å²) in [4.78, 5) is 23.0. The van der Waals surface area contributed by atoms with Gasteiger partial charge in [-0.3, -0.25) is 15.4 Å². The first-order valence-electron chi connectivity index (χ1n) is 8.12. The van der Waals surface area contributed by atoms with E-state index in [1.54, 1.807) is 12.1 Å². The van der Waals surface area contributed by atoms with Gasteiger partial charge in [0.1, 0.15) is 5.82 Å². The van der Waals surface area contributed by atoms with Gasteiger partial charge in [0.05, 0.1) is 12.6 Å². The fraction of sp³-hybridized carbons (Fsp3) is 0.263. The summed E-state index contributed by atoms with van der Waals surface area (Å²) < 4.78 is 13.6. The van der Waals surface area contributed by atoms with Crippen molar-refractivity contribution in [3.05, 3.63) is 71.0 Å². The maximum absolute atomic E-state index is 13.6. The van der Waals surface area contributed by atoms with Gasteiger partial charge in [0.2, 0.25) is 5.91 Å². The Labute approximate surface area is 146 Å². The molecular weight excluding hydrogens is 321 g/mol. The molecule has 0 aliphatic carbocycles. The zero-order valence-electron chi connectivity index (χ0n) is 14.3. The third-order valence-corrected chi connectivity index (χ3v) is 3.85. The number of carbonyl (C=O) groups is 2. The molecule has 0 aromatic heterocycles. The molecule has 132 valence electrons. The van der Waals surface area contributed by atoms with Gasteiger partial charge in [-0.15, -0.1) is 0 Å². The normalized spacial score (nSPS) is 11.6. The van der Waals surface area contributed by atoms with E-state index >= 15 is 0 Å². The predicted octanol–water partition coefficient (Wildman–Crippen LogP) is 2.52. The van der Waals surface area contributed by atoms with Crippen LogP contribution in [0.25, 0.3) is 0 Å². The number of urea groups is 1. The molecule has 2 rings (SSSR count). The highest BCUT2D eigenvalue weighted by Crippen LogP contribution is 2.23. The number of carbonyl (C=O) groups excluding carboxylic acids is 2. The van der Waals surface area contributed by atoms with Crippen LogP contribution in [-0.4, -0.2) is 25.5 Å². The number of imide groups is 1. The molecule has 1 atom stereocenters. The maximum Gasteiger partial charge on any atom is 0.321 e. The van der Waals surface area contributed by atoms with Crippen molar-refractivity contribution >= 4 is 11.9 Å². The van der Waals surface area contributed by atoms with Crippen LogP contribution in [-0.2, 0) is 11.2 Å². The molecule has 0 heterocycles. The number of hydrogen-bond donors (Lipinski definition) is 3. The molecule has 0 spiro atoms. The molecule has 0 unspecified atom stereocenters. The number of nitrogens with one attached hydrogen (secondary N) is 3. The van der Waals surface area contributed by atoms with Crippen LogP contribution in [0.1, 0.15) is 29.7 Å². The minimum absolute atomic E-state index is 0.0792. The highest BCUT2D eigenvalue weighted by atomic mass is 19.1. The smallest absolute Gasteiger partial charge is 0.321 e. The molecule has 0 saturated carbocycles. The first kappa shape index (κ1) is 18.6. The van der Waals surface area contributed by atoms with Crippen LogP contribution in [0.3, 0.4) is 0 Å². The van der Waals surface area contributed by atoms with Crippen molar-refractivity contribution in [1.29, 1.82) is 0 Å². The van der Waals surface area contributed by atoms with E-state index in [4.69, 9.17) is 0 Å². The average molecular weight is 343 g/mol. The van der Waals surface area contributed by atoms with E-state index in [2.05, 4.69) is 22.9 Å². The van der Waals surface area contributed by atoms with Gasteiger partial charge < -0.3 is 5.32 Å². The number of benzene rings is 2. The van der Waals surface area contributed by atoms with Crippen LogP contribution >= 0.6 is 0 Å². The molecule has 5 nitrogen and oxygen atoms in total. The number of aryl methyl sites for hydroxylation is 1. The van der Waals surface area contributed by atoms with Gasteiger partial charge in [0.25, 0.3) is 0 Å². The minimum Gasteiger partial charge on any atom is -0.341 e. The number of hydrogen-bond acceptors (Lipinski definition) is 3. The summed E-state index contributed by atoms with van der Waals surface area (Å²) in [7, 11) is 1.43. The second-order valence-electron chi connectivity index (χ2n) is 5.59. The lowest BCUT2D eigenvalue weighted by Crippen LogP contribution is -2.42. The molecular formula is C19H22FN3O2. The first-order valence-corrected chi connectivity index (χ1v) is 8.12. The van der Waals surface area contributed by atoms with Gasteiger partial charge in [0, 0.05) is 7.05 Å². The monoisotopic (exact) mass is 343 g/mol. The average Bonchev–Trinajstić information content (AvgIpc) is 2.62. The molecule has 2 aromatic rings. The van der Waals surface area contributed by atoms with Gasteiger partial charge in [-0.2, -0.15) is 0 Å². The number of rotatable bonds is 6. The minimum atomic E-state index is -0.568. The Morgan fingerprint density at radius 3 is 2.40 bits per heavy atom. The van der Waals surface area contributed by atoms with E-state index in [1.807, 2.05) is 24.3 Å². The van der Waals surface area contributed by atoms with E-state index in [0.29, 0.717) is 5.56 Å². The molecule has 2 aromatic carbocycles. The number of amides is 3. The standard InChI is InChI=1S/C19H22FN3O2/c1-3-13-7-9-14(10-8-13)18(15-5-4-6-16(20)11-15)22-12-17(24)23-19(25)21-2/h4-11,18,22H,3,12H2,1-2H3,(H2,21,23,24,25)/t18-/m1/s1. The van der Waals surface area contributed by atoms with Crippen molar-refractivity contribution in [3.8, 4) is 0 Å². The van der Waals surface area contributed by atoms with Crippen molar-refractivity contribution in [2.24, 2.45) is 0 Å². The summed E-state index contributed by atoms with van der Waals surface area (Å²) in [6, 6.07) is 13.2. The van der Waals surface area contributed by atoms with Crippen LogP contribution < -0.4 is 16.0 Å². The maximum atomic E-state index is 13.6. The second-order valence-corrected chi connectivity index (χ2v) is 5.59. The fourth-order valence-electron chi connectivity index (χ4n) is 2.49. The van der Waals surface area contributed by atoms with Crippen molar-refractivity contribution in [1.82, 2.24) is 16.0 Å². The highest BCUT2D eigenvalue weighted by molar-refractivity contribution is 5.95. The predicted molar refractivity (Wildman–Crippen MR) is 94.7 cm³/mol. The molecule has 0 bridgehead atoms. The zero-order chi connectivity index (χ0) is 18.2. The molecule has 3 amide bonds. The zero-order valence-corrected chi connectivity index (χ0v) is 14.3. The van der Waals surface area contributed by atoms with Crippen molar-refractivity contribution in [2.45, 2.75) is 19.4 Å². The fourth-order valence-corrected chi connectivity index (χ4v) is 2.49. The van der Waals surface area contributed by atoms with E-state index < -0.39 is 11.9 Å². The van der Waals surface area contributed by atoms with E-state index in [9.17, 15) is 14.0 Å². The van der Waals surface area contributed by atoms with Crippen LogP contribution in [0.4, 0.5) is 9.18 Å². The van der Waals surface area contributed by atoms with E-state index in [0.717, 1.165) is 12.0 Å². The van der Waals surface area contributed by atoms with Gasteiger partial charge >= 0.3 is 6.03 Å². The second kappa shape index (κ2) is 8.94. The van der Waals surface area contributed by atoms with Gasteiger partial charge in [-0.25, -0.2) is 9.18 Å². The Bertz CT molecular complexity index is 732. The Morgan fingerprint density at radius 1 is 1.08 bits per heavy atom.